The Hall–Kier alpha value is -3.97. The number of carbonyl (C=O) groups excluding carboxylic acids is 1. The molecule has 0 aliphatic carbocycles. The van der Waals surface area contributed by atoms with Crippen LogP contribution in [-0.4, -0.2) is 50.9 Å². The fraction of sp³-hybridized carbons (Fsp3) is 0.312. The number of fused-ring (bicyclic) bond motifs is 1. The lowest BCUT2D eigenvalue weighted by Crippen LogP contribution is -2.52. The average Bonchev–Trinajstić information content (AvgIpc) is 3.43. The van der Waals surface area contributed by atoms with Gasteiger partial charge in [0.25, 0.3) is 5.91 Å². The molecule has 200 valence electrons. The number of piperidine rings is 1. The molecule has 3 aromatic carbocycles. The Balaban J connectivity index is 1.12. The van der Waals surface area contributed by atoms with Crippen molar-refractivity contribution in [2.75, 3.05) is 25.0 Å². The molecule has 6 rings (SSSR count). The normalized spacial score (nSPS) is 18.2. The molecule has 6 nitrogen and oxygen atoms in total. The number of aromatic nitrogens is 2. The zero-order valence-electron chi connectivity index (χ0n) is 22.3. The maximum atomic E-state index is 14.9. The Labute approximate surface area is 229 Å². The summed E-state index contributed by atoms with van der Waals surface area (Å²) in [6, 6.07) is 22.9. The Morgan fingerprint density at radius 3 is 2.54 bits per heavy atom. The van der Waals surface area contributed by atoms with Crippen molar-refractivity contribution in [3.8, 4) is 11.4 Å². The van der Waals surface area contributed by atoms with Gasteiger partial charge in [0, 0.05) is 54.9 Å². The van der Waals surface area contributed by atoms with Crippen molar-refractivity contribution in [1.82, 2.24) is 19.4 Å². The number of halogens is 1. The number of nitrogens with one attached hydrogen (secondary N) is 1. The quantitative estimate of drug-likeness (QED) is 0.317. The molecule has 1 fully saturated rings. The molecule has 0 bridgehead atoms. The third-order valence-electron chi connectivity index (χ3n) is 7.98. The second kappa shape index (κ2) is 11.0. The number of amides is 1. The number of imidazole rings is 1. The van der Waals surface area contributed by atoms with Crippen LogP contribution in [0.5, 0.6) is 0 Å². The number of nitrogens with zero attached hydrogens (tertiary/aromatic N) is 4. The van der Waals surface area contributed by atoms with E-state index in [-0.39, 0.29) is 17.8 Å². The van der Waals surface area contributed by atoms with Crippen LogP contribution in [0.4, 0.5) is 10.1 Å². The van der Waals surface area contributed by atoms with Crippen LogP contribution in [0.2, 0.25) is 0 Å². The molecule has 1 unspecified atom stereocenters. The van der Waals surface area contributed by atoms with Gasteiger partial charge < -0.3 is 19.7 Å². The first kappa shape index (κ1) is 25.3. The third-order valence-corrected chi connectivity index (χ3v) is 7.98. The Morgan fingerprint density at radius 1 is 0.974 bits per heavy atom. The van der Waals surface area contributed by atoms with Crippen LogP contribution >= 0.6 is 0 Å². The lowest BCUT2D eigenvalue weighted by atomic mass is 9.95. The maximum Gasteiger partial charge on any atom is 0.258 e. The molecule has 1 N–H and O–H groups in total. The Bertz CT molecular complexity index is 1440. The molecule has 1 saturated heterocycles. The van der Waals surface area contributed by atoms with Crippen molar-refractivity contribution in [2.45, 2.75) is 44.9 Å². The number of benzene rings is 3. The van der Waals surface area contributed by atoms with E-state index in [2.05, 4.69) is 31.9 Å². The van der Waals surface area contributed by atoms with Crippen molar-refractivity contribution in [1.29, 1.82) is 0 Å². The number of hydrogen-bond donors (Lipinski definition) is 1. The molecule has 0 spiro atoms. The number of aryl methyl sites for hydroxylation is 2. The van der Waals surface area contributed by atoms with Crippen LogP contribution in [0, 0.1) is 12.7 Å². The van der Waals surface area contributed by atoms with Crippen molar-refractivity contribution >= 4 is 11.6 Å². The van der Waals surface area contributed by atoms with Crippen LogP contribution in [0.3, 0.4) is 0 Å². The molecule has 39 heavy (non-hydrogen) atoms. The predicted octanol–water partition coefficient (Wildman–Crippen LogP) is 6.12. The fourth-order valence-corrected chi connectivity index (χ4v) is 5.96. The summed E-state index contributed by atoms with van der Waals surface area (Å²) in [4.78, 5) is 22.8. The average molecular weight is 524 g/mol. The zero-order valence-corrected chi connectivity index (χ0v) is 22.3. The molecule has 1 amide bonds. The van der Waals surface area contributed by atoms with Gasteiger partial charge in [-0.1, -0.05) is 60.2 Å². The summed E-state index contributed by atoms with van der Waals surface area (Å²) in [5.41, 5.74) is 4.11. The van der Waals surface area contributed by atoms with Gasteiger partial charge in [0.2, 0.25) is 0 Å². The molecule has 1 atom stereocenters. The molecule has 7 heteroatoms. The molecule has 3 heterocycles. The van der Waals surface area contributed by atoms with Crippen molar-refractivity contribution in [3.05, 3.63) is 108 Å². The lowest BCUT2D eigenvalue weighted by Gasteiger charge is -2.45. The summed E-state index contributed by atoms with van der Waals surface area (Å²) >= 11 is 0. The molecule has 2 aliphatic heterocycles. The first-order valence-electron chi connectivity index (χ1n) is 13.8. The SMILES string of the molecule is Cc1ccc2c(c1)C(=O)N(C1CCN(CCCn3ccnc3-c3ccccc3)CC1)C(c1ccccc1F)N2. The standard InChI is InChI=1S/C32H34FN5O/c1-23-12-13-29-27(22-23)32(39)38(31(35-29)26-10-5-6-11-28(26)33)25-14-19-36(20-15-25)17-7-18-37-21-16-34-30(37)24-8-3-2-4-9-24/h2-6,8-13,16,21-22,25,31,35H,7,14-15,17-20H2,1H3. The van der Waals surface area contributed by atoms with Crippen LogP contribution in [0.15, 0.2) is 85.2 Å². The number of rotatable bonds is 7. The smallest absolute Gasteiger partial charge is 0.258 e. The zero-order chi connectivity index (χ0) is 26.8. The molecule has 0 saturated carbocycles. The van der Waals surface area contributed by atoms with Crippen molar-refractivity contribution in [3.63, 3.8) is 0 Å². The predicted molar refractivity (Wildman–Crippen MR) is 152 cm³/mol. The number of hydrogen-bond acceptors (Lipinski definition) is 4. The molecule has 2 aliphatic rings. The van der Waals surface area contributed by atoms with Gasteiger partial charge in [-0.25, -0.2) is 9.37 Å². The van der Waals surface area contributed by atoms with E-state index in [0.29, 0.717) is 11.1 Å². The van der Waals surface area contributed by atoms with E-state index in [1.165, 1.54) is 6.07 Å². The molecular formula is C32H34FN5O. The maximum absolute atomic E-state index is 14.9. The van der Waals surface area contributed by atoms with Gasteiger partial charge in [-0.15, -0.1) is 0 Å². The van der Waals surface area contributed by atoms with Gasteiger partial charge in [0.05, 0.1) is 5.56 Å². The third kappa shape index (κ3) is 5.19. The topological polar surface area (TPSA) is 53.4 Å². The van der Waals surface area contributed by atoms with E-state index in [1.54, 1.807) is 12.1 Å². The summed E-state index contributed by atoms with van der Waals surface area (Å²) in [6.07, 6.45) is 6.13. The first-order valence-corrected chi connectivity index (χ1v) is 13.8. The minimum absolute atomic E-state index is 0.0206. The fourth-order valence-electron chi connectivity index (χ4n) is 5.96. The van der Waals surface area contributed by atoms with Crippen molar-refractivity contribution in [2.24, 2.45) is 0 Å². The van der Waals surface area contributed by atoms with Gasteiger partial charge in [0.15, 0.2) is 0 Å². The summed E-state index contributed by atoms with van der Waals surface area (Å²) in [5.74, 6) is 0.683. The lowest BCUT2D eigenvalue weighted by molar-refractivity contribution is 0.0446. The van der Waals surface area contributed by atoms with Crippen molar-refractivity contribution < 1.29 is 9.18 Å². The van der Waals surface area contributed by atoms with E-state index in [0.717, 1.165) is 68.1 Å². The van der Waals surface area contributed by atoms with E-state index in [9.17, 15) is 9.18 Å². The number of likely N-dealkylation sites (tertiary alicyclic amines) is 1. The monoisotopic (exact) mass is 523 g/mol. The minimum atomic E-state index is -0.525. The highest BCUT2D eigenvalue weighted by Gasteiger charge is 2.39. The van der Waals surface area contributed by atoms with Crippen LogP contribution in [0.1, 0.15) is 46.9 Å². The van der Waals surface area contributed by atoms with E-state index < -0.39 is 6.17 Å². The van der Waals surface area contributed by atoms with Crippen LogP contribution in [-0.2, 0) is 6.54 Å². The second-order valence-corrected chi connectivity index (χ2v) is 10.6. The van der Waals surface area contributed by atoms with Gasteiger partial charge in [0.1, 0.15) is 17.8 Å². The highest BCUT2D eigenvalue weighted by atomic mass is 19.1. The largest absolute Gasteiger partial charge is 0.361 e. The first-order chi connectivity index (χ1) is 19.1. The molecule has 0 radical (unpaired) electrons. The second-order valence-electron chi connectivity index (χ2n) is 10.6. The molecule has 4 aromatic rings. The summed E-state index contributed by atoms with van der Waals surface area (Å²) in [7, 11) is 0. The van der Waals surface area contributed by atoms with E-state index in [1.807, 2.05) is 66.7 Å². The van der Waals surface area contributed by atoms with Gasteiger partial charge >= 0.3 is 0 Å². The van der Waals surface area contributed by atoms with Crippen LogP contribution < -0.4 is 5.32 Å². The summed E-state index contributed by atoms with van der Waals surface area (Å²) in [5, 5.41) is 3.48. The van der Waals surface area contributed by atoms with Crippen LogP contribution in [0.25, 0.3) is 11.4 Å². The minimum Gasteiger partial charge on any atom is -0.361 e. The highest BCUT2D eigenvalue weighted by Crippen LogP contribution is 2.38. The Morgan fingerprint density at radius 2 is 1.74 bits per heavy atom. The molecule has 1 aromatic heterocycles. The summed E-state index contributed by atoms with van der Waals surface area (Å²) < 4.78 is 17.2. The van der Waals surface area contributed by atoms with Gasteiger partial charge in [-0.05, 0) is 50.9 Å². The van der Waals surface area contributed by atoms with Gasteiger partial charge in [-0.3, -0.25) is 4.79 Å². The van der Waals surface area contributed by atoms with Gasteiger partial charge in [-0.2, -0.15) is 0 Å². The molecular weight excluding hydrogens is 489 g/mol. The number of anilines is 1. The highest BCUT2D eigenvalue weighted by molar-refractivity contribution is 6.02. The summed E-state index contributed by atoms with van der Waals surface area (Å²) in [6.45, 7) is 5.71. The van der Waals surface area contributed by atoms with E-state index >= 15 is 0 Å². The Kier molecular flexibility index (Phi) is 7.16. The van der Waals surface area contributed by atoms with E-state index in [4.69, 9.17) is 0 Å². The number of carbonyl (C=O) groups is 1.